The van der Waals surface area contributed by atoms with Gasteiger partial charge in [0.1, 0.15) is 17.6 Å². The molecule has 0 bridgehead atoms. The van der Waals surface area contributed by atoms with Gasteiger partial charge in [-0.25, -0.2) is 9.79 Å². The average Bonchev–Trinajstić information content (AvgIpc) is 3.53. The Morgan fingerprint density at radius 3 is 2.54 bits per heavy atom. The second kappa shape index (κ2) is 10.8. The third-order valence-electron chi connectivity index (χ3n) is 6.49. The summed E-state index contributed by atoms with van der Waals surface area (Å²) in [6.45, 7) is 5.17. The van der Waals surface area contributed by atoms with E-state index in [0.717, 1.165) is 16.9 Å². The SMILES string of the molecule is CCOC(=O)C1=C(C)N=c2s/c(=C\c3cccc([N+](=O)[O-])c3)c(=O)n2[C@H]1c1ccc(-c2cc([N+](=O)[O-])ccc2C)o1. The molecule has 0 spiro atoms. The molecule has 1 aliphatic rings. The van der Waals surface area contributed by atoms with Crippen LogP contribution < -0.4 is 14.9 Å². The molecular weight excluding hydrogens is 552 g/mol. The minimum atomic E-state index is -1.04. The van der Waals surface area contributed by atoms with Crippen molar-refractivity contribution >= 4 is 34.8 Å². The minimum Gasteiger partial charge on any atom is -0.463 e. The van der Waals surface area contributed by atoms with Crippen LogP contribution in [-0.4, -0.2) is 27.0 Å². The molecule has 0 saturated heterocycles. The number of hydrogen-bond acceptors (Lipinski definition) is 10. The molecule has 5 rings (SSSR count). The summed E-state index contributed by atoms with van der Waals surface area (Å²) in [6.07, 6.45) is 1.53. The van der Waals surface area contributed by atoms with Gasteiger partial charge in [-0.1, -0.05) is 29.5 Å². The highest BCUT2D eigenvalue weighted by molar-refractivity contribution is 7.07. The number of fused-ring (bicyclic) bond motifs is 1. The Hall–Kier alpha value is -5.17. The lowest BCUT2D eigenvalue weighted by atomic mass is 10.0. The van der Waals surface area contributed by atoms with Crippen molar-refractivity contribution < 1.29 is 23.8 Å². The Morgan fingerprint density at radius 1 is 1.10 bits per heavy atom. The molecule has 208 valence electrons. The fourth-order valence-corrected chi connectivity index (χ4v) is 5.62. The lowest BCUT2D eigenvalue weighted by molar-refractivity contribution is -0.385. The second-order valence-electron chi connectivity index (χ2n) is 9.11. The highest BCUT2D eigenvalue weighted by Gasteiger charge is 2.35. The third kappa shape index (κ3) is 5.10. The van der Waals surface area contributed by atoms with Crippen molar-refractivity contribution in [2.75, 3.05) is 6.61 Å². The third-order valence-corrected chi connectivity index (χ3v) is 7.47. The number of furan rings is 1. The van der Waals surface area contributed by atoms with Crippen molar-refractivity contribution in [3.63, 3.8) is 0 Å². The van der Waals surface area contributed by atoms with E-state index in [-0.39, 0.29) is 33.8 Å². The summed E-state index contributed by atoms with van der Waals surface area (Å²) in [5, 5.41) is 22.6. The number of hydrogen-bond donors (Lipinski definition) is 0. The van der Waals surface area contributed by atoms with Crippen LogP contribution >= 0.6 is 11.3 Å². The number of carbonyl (C=O) groups excluding carboxylic acids is 1. The molecule has 41 heavy (non-hydrogen) atoms. The standard InChI is InChI=1S/C28H22N4O8S/c1-4-39-27(34)24-16(3)29-28-30(26(33)23(41-28)13-17-6-5-7-18(12-17)31(35)36)25(24)22-11-10-21(40-22)20-14-19(32(37)38)9-8-15(20)2/h5-14,25H,4H2,1-3H3/b23-13-/t25-/m0/s1. The topological polar surface area (TPSA) is 160 Å². The normalized spacial score (nSPS) is 14.9. The van der Waals surface area contributed by atoms with Gasteiger partial charge < -0.3 is 9.15 Å². The molecule has 0 radical (unpaired) electrons. The zero-order valence-electron chi connectivity index (χ0n) is 22.0. The maximum Gasteiger partial charge on any atom is 0.338 e. The van der Waals surface area contributed by atoms with E-state index in [4.69, 9.17) is 9.15 Å². The van der Waals surface area contributed by atoms with Gasteiger partial charge in [-0.15, -0.1) is 0 Å². The predicted molar refractivity (Wildman–Crippen MR) is 149 cm³/mol. The molecule has 1 aliphatic heterocycles. The summed E-state index contributed by atoms with van der Waals surface area (Å²) in [6, 6.07) is 12.5. The first-order valence-corrected chi connectivity index (χ1v) is 13.2. The number of aromatic nitrogens is 1. The van der Waals surface area contributed by atoms with E-state index in [1.165, 1.54) is 41.0 Å². The van der Waals surface area contributed by atoms with E-state index in [9.17, 15) is 29.8 Å². The molecule has 0 N–H and O–H groups in total. The molecule has 1 atom stereocenters. The summed E-state index contributed by atoms with van der Waals surface area (Å²) in [7, 11) is 0. The van der Waals surface area contributed by atoms with Crippen LogP contribution in [0.5, 0.6) is 0 Å². The summed E-state index contributed by atoms with van der Waals surface area (Å²) >= 11 is 1.07. The van der Waals surface area contributed by atoms with Crippen molar-refractivity contribution in [1.82, 2.24) is 4.57 Å². The number of carbonyl (C=O) groups is 1. The van der Waals surface area contributed by atoms with Crippen LogP contribution in [0.4, 0.5) is 11.4 Å². The van der Waals surface area contributed by atoms with Crippen LogP contribution in [0, 0.1) is 27.2 Å². The van der Waals surface area contributed by atoms with Crippen LogP contribution in [0.3, 0.4) is 0 Å². The van der Waals surface area contributed by atoms with Gasteiger partial charge in [0.2, 0.25) is 0 Å². The van der Waals surface area contributed by atoms with Crippen LogP contribution in [0.15, 0.2) is 80.1 Å². The Bertz CT molecular complexity index is 1950. The molecule has 13 heteroatoms. The Balaban J connectivity index is 1.69. The summed E-state index contributed by atoms with van der Waals surface area (Å²) in [4.78, 5) is 53.2. The number of nitro benzene ring substituents is 2. The highest BCUT2D eigenvalue weighted by atomic mass is 32.1. The lowest BCUT2D eigenvalue weighted by Crippen LogP contribution is -2.39. The number of nitro groups is 2. The van der Waals surface area contributed by atoms with Gasteiger partial charge in [0, 0.05) is 29.8 Å². The zero-order chi connectivity index (χ0) is 29.4. The number of rotatable bonds is 7. The number of benzene rings is 2. The molecule has 3 heterocycles. The van der Waals surface area contributed by atoms with Crippen LogP contribution in [-0.2, 0) is 9.53 Å². The monoisotopic (exact) mass is 574 g/mol. The smallest absolute Gasteiger partial charge is 0.338 e. The van der Waals surface area contributed by atoms with E-state index >= 15 is 0 Å². The Labute approximate surface area is 235 Å². The van der Waals surface area contributed by atoms with Crippen molar-refractivity contribution in [3.8, 4) is 11.3 Å². The average molecular weight is 575 g/mol. The molecule has 0 saturated carbocycles. The summed E-state index contributed by atoms with van der Waals surface area (Å²) in [5.74, 6) is -0.125. The van der Waals surface area contributed by atoms with Gasteiger partial charge in [0.15, 0.2) is 4.80 Å². The van der Waals surface area contributed by atoms with Gasteiger partial charge in [0.05, 0.1) is 32.3 Å². The second-order valence-corrected chi connectivity index (χ2v) is 10.1. The van der Waals surface area contributed by atoms with Gasteiger partial charge >= 0.3 is 5.97 Å². The number of thiazole rings is 1. The largest absolute Gasteiger partial charge is 0.463 e. The van der Waals surface area contributed by atoms with Crippen molar-refractivity contribution in [3.05, 3.63) is 123 Å². The Morgan fingerprint density at radius 2 is 1.83 bits per heavy atom. The minimum absolute atomic E-state index is 0.0931. The fourth-order valence-electron chi connectivity index (χ4n) is 4.57. The quantitative estimate of drug-likeness (QED) is 0.180. The molecule has 0 amide bonds. The van der Waals surface area contributed by atoms with E-state index in [2.05, 4.69) is 4.99 Å². The van der Waals surface area contributed by atoms with E-state index in [1.807, 2.05) is 0 Å². The first-order valence-electron chi connectivity index (χ1n) is 12.4. The lowest BCUT2D eigenvalue weighted by Gasteiger charge is -2.22. The molecule has 0 fully saturated rings. The van der Waals surface area contributed by atoms with Crippen molar-refractivity contribution in [1.29, 1.82) is 0 Å². The number of non-ortho nitro benzene ring substituents is 2. The fraction of sp³-hybridized carbons (Fsp3) is 0.179. The molecular formula is C28H22N4O8S. The van der Waals surface area contributed by atoms with Gasteiger partial charge in [0.25, 0.3) is 16.9 Å². The van der Waals surface area contributed by atoms with E-state index in [0.29, 0.717) is 27.4 Å². The summed E-state index contributed by atoms with van der Waals surface area (Å²) in [5.41, 5.74) is 1.40. The molecule has 2 aromatic carbocycles. The molecule has 0 unspecified atom stereocenters. The van der Waals surface area contributed by atoms with Crippen molar-refractivity contribution in [2.45, 2.75) is 26.8 Å². The van der Waals surface area contributed by atoms with Crippen LogP contribution in [0.2, 0.25) is 0 Å². The van der Waals surface area contributed by atoms with Crippen molar-refractivity contribution in [2.24, 2.45) is 4.99 Å². The van der Waals surface area contributed by atoms with Gasteiger partial charge in [-0.2, -0.15) is 0 Å². The number of esters is 1. The first-order chi connectivity index (χ1) is 19.6. The Kier molecular flexibility index (Phi) is 7.20. The number of ether oxygens (including phenoxy) is 1. The number of aryl methyl sites for hydroxylation is 1. The van der Waals surface area contributed by atoms with Crippen LogP contribution in [0.1, 0.15) is 36.8 Å². The van der Waals surface area contributed by atoms with Gasteiger partial charge in [-0.3, -0.25) is 29.6 Å². The molecule has 0 aliphatic carbocycles. The zero-order valence-corrected chi connectivity index (χ0v) is 22.8. The van der Waals surface area contributed by atoms with Crippen LogP contribution in [0.25, 0.3) is 17.4 Å². The summed E-state index contributed by atoms with van der Waals surface area (Å²) < 4.78 is 13.0. The number of allylic oxidation sites excluding steroid dienone is 1. The predicted octanol–water partition coefficient (Wildman–Crippen LogP) is 4.18. The molecule has 2 aromatic heterocycles. The maximum absolute atomic E-state index is 13.8. The number of nitrogens with zero attached hydrogens (tertiary/aromatic N) is 4. The highest BCUT2D eigenvalue weighted by Crippen LogP contribution is 2.36. The van der Waals surface area contributed by atoms with Gasteiger partial charge in [-0.05, 0) is 50.1 Å². The van der Waals surface area contributed by atoms with E-state index < -0.39 is 27.4 Å². The molecule has 4 aromatic rings. The maximum atomic E-state index is 13.8. The first kappa shape index (κ1) is 27.4. The molecule has 12 nitrogen and oxygen atoms in total. The van der Waals surface area contributed by atoms with E-state index in [1.54, 1.807) is 45.0 Å².